The van der Waals surface area contributed by atoms with Crippen molar-refractivity contribution in [3.8, 4) is 22.9 Å². The minimum Gasteiger partial charge on any atom is -0.508 e. The minimum atomic E-state index is -0.321. The molecule has 0 saturated heterocycles. The van der Waals surface area contributed by atoms with Crippen LogP contribution in [0.3, 0.4) is 0 Å². The van der Waals surface area contributed by atoms with Gasteiger partial charge in [-0.25, -0.2) is 9.37 Å². The van der Waals surface area contributed by atoms with Crippen LogP contribution in [0.1, 0.15) is 28.1 Å². The molecule has 0 bridgehead atoms. The number of H-pyrrole nitrogens is 1. The highest BCUT2D eigenvalue weighted by molar-refractivity contribution is 7.27. The Morgan fingerprint density at radius 1 is 1.05 bits per heavy atom. The number of aliphatic hydroxyl groups excluding tert-OH is 1. The van der Waals surface area contributed by atoms with E-state index in [1.54, 1.807) is 30.3 Å². The molecule has 5 rings (SSSR count). The second-order valence-electron chi connectivity index (χ2n) is 9.14. The van der Waals surface area contributed by atoms with E-state index >= 15 is 4.39 Å². The van der Waals surface area contributed by atoms with Gasteiger partial charge in [-0.1, -0.05) is 48.4 Å². The highest BCUT2D eigenvalue weighted by Crippen LogP contribution is 2.27. The number of aromatic nitrogens is 2. The summed E-state index contributed by atoms with van der Waals surface area (Å²) in [5.41, 5.74) is 6.82. The summed E-state index contributed by atoms with van der Waals surface area (Å²) in [5.74, 6) is 0.983. The summed E-state index contributed by atoms with van der Waals surface area (Å²) in [4.78, 5) is 7.74. The molecule has 5 aromatic rings. The Hall–Kier alpha value is -4.40. The number of nitrogens with zero attached hydrogens (tertiary/aromatic N) is 2. The van der Waals surface area contributed by atoms with Crippen LogP contribution in [-0.4, -0.2) is 22.9 Å². The fourth-order valence-electron chi connectivity index (χ4n) is 4.30. The van der Waals surface area contributed by atoms with Gasteiger partial charge in [0.15, 0.2) is 0 Å². The Morgan fingerprint density at radius 2 is 1.82 bits per heavy atom. The van der Waals surface area contributed by atoms with E-state index in [2.05, 4.69) is 31.9 Å². The fraction of sp³-hybridized carbons (Fsp3) is 0.0667. The third-order valence-electron chi connectivity index (χ3n) is 6.48. The van der Waals surface area contributed by atoms with Crippen LogP contribution in [-0.2, 0) is 13.0 Å². The lowest BCUT2D eigenvalue weighted by atomic mass is 9.89. The number of fused-ring (bicyclic) bond motifs is 1. The molecular formula is C30H24BFN3O2P. The average molecular weight is 519 g/mol. The normalized spacial score (nSPS) is 10.9. The highest BCUT2D eigenvalue weighted by Gasteiger charge is 2.12. The molecule has 0 aliphatic heterocycles. The van der Waals surface area contributed by atoms with E-state index < -0.39 is 0 Å². The molecule has 0 fully saturated rings. The largest absolute Gasteiger partial charge is 0.508 e. The molecule has 0 amide bonds. The quantitative estimate of drug-likeness (QED) is 0.186. The summed E-state index contributed by atoms with van der Waals surface area (Å²) in [6, 6.07) is 23.9. The average Bonchev–Trinajstić information content (AvgIpc) is 3.31. The number of benzene rings is 4. The van der Waals surface area contributed by atoms with Gasteiger partial charge in [-0.15, -0.1) is 9.24 Å². The van der Waals surface area contributed by atoms with Crippen LogP contribution in [0.2, 0.25) is 0 Å². The van der Waals surface area contributed by atoms with Crippen molar-refractivity contribution in [1.29, 1.82) is 5.26 Å². The molecule has 0 aliphatic rings. The number of hydrogen-bond acceptors (Lipinski definition) is 4. The van der Waals surface area contributed by atoms with Crippen molar-refractivity contribution in [2.45, 2.75) is 13.0 Å². The predicted octanol–water partition coefficient (Wildman–Crippen LogP) is 4.70. The van der Waals surface area contributed by atoms with E-state index in [9.17, 15) is 5.11 Å². The highest BCUT2D eigenvalue weighted by atomic mass is 31.0. The molecule has 0 radical (unpaired) electrons. The minimum absolute atomic E-state index is 0.0164. The summed E-state index contributed by atoms with van der Waals surface area (Å²) in [6.07, 6.45) is 0.305. The van der Waals surface area contributed by atoms with Crippen LogP contribution in [0.15, 0.2) is 79.4 Å². The van der Waals surface area contributed by atoms with Crippen molar-refractivity contribution in [2.24, 2.45) is 0 Å². The van der Waals surface area contributed by atoms with Crippen molar-refractivity contribution in [3.05, 3.63) is 113 Å². The smallest absolute Gasteiger partial charge is 0.139 e. The van der Waals surface area contributed by atoms with E-state index in [-0.39, 0.29) is 11.6 Å². The first-order valence-electron chi connectivity index (χ1n) is 12.0. The number of hydrogen-bond donors (Lipinski definition) is 2. The number of aromatic amines is 1. The van der Waals surface area contributed by atoms with E-state index in [1.807, 2.05) is 44.2 Å². The lowest BCUT2D eigenvalue weighted by molar-refractivity contribution is 0.310. The van der Waals surface area contributed by atoms with Crippen molar-refractivity contribution in [2.75, 3.05) is 0 Å². The number of imidazole rings is 1. The summed E-state index contributed by atoms with van der Waals surface area (Å²) >= 11 is 0. The van der Waals surface area contributed by atoms with Gasteiger partial charge in [0.25, 0.3) is 0 Å². The maximum Gasteiger partial charge on any atom is 0.139 e. The van der Waals surface area contributed by atoms with E-state index in [0.717, 1.165) is 38.5 Å². The van der Waals surface area contributed by atoms with Crippen molar-refractivity contribution in [3.63, 3.8) is 0 Å². The first-order valence-corrected chi connectivity index (χ1v) is 12.6. The molecule has 8 heteroatoms. The predicted molar refractivity (Wildman–Crippen MR) is 155 cm³/mol. The Labute approximate surface area is 223 Å². The maximum atomic E-state index is 15.2. The molecule has 1 aromatic heterocycles. The molecule has 1 unspecified atom stereocenters. The van der Waals surface area contributed by atoms with Crippen LogP contribution < -0.4 is 15.5 Å². The van der Waals surface area contributed by atoms with Gasteiger partial charge in [-0.05, 0) is 58.7 Å². The van der Waals surface area contributed by atoms with Crippen molar-refractivity contribution >= 4 is 44.6 Å². The van der Waals surface area contributed by atoms with Gasteiger partial charge < -0.3 is 14.8 Å². The summed E-state index contributed by atoms with van der Waals surface area (Å²) in [7, 11) is 4.62. The summed E-state index contributed by atoms with van der Waals surface area (Å²) in [6.45, 7) is 3.91. The molecule has 186 valence electrons. The molecule has 1 atom stereocenters. The molecule has 1 heterocycles. The Balaban J connectivity index is 1.34. The van der Waals surface area contributed by atoms with E-state index in [4.69, 9.17) is 10.00 Å². The zero-order chi connectivity index (χ0) is 26.8. The van der Waals surface area contributed by atoms with Crippen LogP contribution in [0.5, 0.6) is 5.75 Å². The first-order chi connectivity index (χ1) is 18.3. The van der Waals surface area contributed by atoms with Gasteiger partial charge in [0.2, 0.25) is 0 Å². The number of aliphatic hydroxyl groups is 1. The third kappa shape index (κ3) is 5.32. The molecule has 4 aromatic carbocycles. The second-order valence-corrected chi connectivity index (χ2v) is 9.76. The monoisotopic (exact) mass is 519 g/mol. The third-order valence-corrected chi connectivity index (χ3v) is 6.95. The molecule has 38 heavy (non-hydrogen) atoms. The molecule has 5 nitrogen and oxygen atoms in total. The van der Waals surface area contributed by atoms with Crippen LogP contribution in [0, 0.1) is 17.1 Å². The number of ether oxygens (including phenoxy) is 1. The fourth-order valence-corrected chi connectivity index (χ4v) is 4.56. The molecule has 0 aliphatic carbocycles. The number of nitriles is 1. The van der Waals surface area contributed by atoms with Crippen LogP contribution in [0.25, 0.3) is 27.9 Å². The molecule has 0 saturated carbocycles. The zero-order valence-electron chi connectivity index (χ0n) is 20.8. The standard InChI is InChI=1S/C30H24BFN3O2P/c1-17(36)19-6-8-26-27(12-19)35-30(34-26)14-22-5-4-20(11-25(22)32)21-7-9-29(38)28(13-21)37-16-23-3-2-18(15-33)10-24(23)31/h2-13,36H,1,14,16,31,38H2,(H,34,35). The van der Waals surface area contributed by atoms with Crippen LogP contribution in [0.4, 0.5) is 4.39 Å². The number of rotatable bonds is 7. The van der Waals surface area contributed by atoms with E-state index in [0.29, 0.717) is 41.3 Å². The van der Waals surface area contributed by atoms with Crippen molar-refractivity contribution in [1.82, 2.24) is 9.97 Å². The first kappa shape index (κ1) is 25.3. The van der Waals surface area contributed by atoms with Crippen LogP contribution >= 0.6 is 9.24 Å². The Morgan fingerprint density at radius 3 is 2.55 bits per heavy atom. The summed E-state index contributed by atoms with van der Waals surface area (Å²) in [5, 5.41) is 19.6. The van der Waals surface area contributed by atoms with E-state index in [1.165, 1.54) is 6.07 Å². The SMILES string of the molecule is Bc1cc(C#N)ccc1COc1cc(-c2ccc(Cc3nc4ccc(C(=C)O)cc4[nH]3)c(F)c2)ccc1P. The maximum absolute atomic E-state index is 15.2. The van der Waals surface area contributed by atoms with Gasteiger partial charge >= 0.3 is 0 Å². The zero-order valence-corrected chi connectivity index (χ0v) is 21.9. The van der Waals surface area contributed by atoms with Crippen molar-refractivity contribution < 1.29 is 14.2 Å². The molecule has 0 spiro atoms. The lowest BCUT2D eigenvalue weighted by Gasteiger charge is -2.13. The number of halogens is 1. The lowest BCUT2D eigenvalue weighted by Crippen LogP contribution is -2.14. The molecular weight excluding hydrogens is 495 g/mol. The Bertz CT molecular complexity index is 1740. The van der Waals surface area contributed by atoms with Gasteiger partial charge in [0, 0.05) is 17.3 Å². The van der Waals surface area contributed by atoms with Gasteiger partial charge in [0.1, 0.15) is 37.6 Å². The van der Waals surface area contributed by atoms with Gasteiger partial charge in [-0.3, -0.25) is 0 Å². The van der Waals surface area contributed by atoms with Gasteiger partial charge in [-0.2, -0.15) is 5.26 Å². The Kier molecular flexibility index (Phi) is 7.00. The topological polar surface area (TPSA) is 81.9 Å². The number of nitrogens with one attached hydrogen (secondary N) is 1. The second kappa shape index (κ2) is 10.5. The van der Waals surface area contributed by atoms with Gasteiger partial charge in [0.05, 0.1) is 22.7 Å². The summed E-state index contributed by atoms with van der Waals surface area (Å²) < 4.78 is 21.3. The molecule has 2 N–H and O–H groups in total.